The molecule has 15 heavy (non-hydrogen) atoms. The Morgan fingerprint density at radius 2 is 2.20 bits per heavy atom. The molecule has 0 aromatic carbocycles. The van der Waals surface area contributed by atoms with Crippen LogP contribution in [-0.4, -0.2) is 24.8 Å². The number of ether oxygens (including phenoxy) is 2. The Morgan fingerprint density at radius 1 is 1.53 bits per heavy atom. The zero-order valence-corrected chi connectivity index (χ0v) is 8.90. The lowest BCUT2D eigenvalue weighted by Crippen LogP contribution is -2.26. The van der Waals surface area contributed by atoms with Crippen molar-refractivity contribution in [1.29, 1.82) is 0 Å². The van der Waals surface area contributed by atoms with E-state index >= 15 is 0 Å². The normalized spacial score (nSPS) is 11.5. The summed E-state index contributed by atoms with van der Waals surface area (Å²) in [6, 6.07) is 0. The molecular formula is C10H17NO4. The molecule has 0 spiro atoms. The van der Waals surface area contributed by atoms with E-state index < -0.39 is 18.2 Å². The van der Waals surface area contributed by atoms with E-state index in [1.807, 2.05) is 6.92 Å². The van der Waals surface area contributed by atoms with Gasteiger partial charge in [-0.15, -0.1) is 0 Å². The van der Waals surface area contributed by atoms with Gasteiger partial charge >= 0.3 is 12.1 Å². The highest BCUT2D eigenvalue weighted by molar-refractivity contribution is 5.81. The summed E-state index contributed by atoms with van der Waals surface area (Å²) < 4.78 is 9.54. The molecule has 0 aliphatic carbocycles. The molecule has 1 atom stereocenters. The first-order valence-electron chi connectivity index (χ1n) is 4.85. The van der Waals surface area contributed by atoms with Crippen LogP contribution in [0.15, 0.2) is 12.7 Å². The molecule has 0 aromatic heterocycles. The summed E-state index contributed by atoms with van der Waals surface area (Å²) >= 11 is 0. The van der Waals surface area contributed by atoms with Gasteiger partial charge in [-0.3, -0.25) is 0 Å². The highest BCUT2D eigenvalue weighted by atomic mass is 16.6. The highest BCUT2D eigenvalue weighted by Gasteiger charge is 2.13. The van der Waals surface area contributed by atoms with E-state index in [0.717, 1.165) is 18.9 Å². The summed E-state index contributed by atoms with van der Waals surface area (Å²) in [6.07, 6.45) is 2.26. The topological polar surface area (TPSA) is 78.6 Å². The average Bonchev–Trinajstić information content (AvgIpc) is 2.21. The van der Waals surface area contributed by atoms with Crippen LogP contribution in [0, 0.1) is 0 Å². The second kappa shape index (κ2) is 7.84. The lowest BCUT2D eigenvalue weighted by atomic mass is 10.2. The van der Waals surface area contributed by atoms with Crippen LogP contribution in [-0.2, 0) is 14.3 Å². The lowest BCUT2D eigenvalue weighted by molar-refractivity contribution is -0.145. The summed E-state index contributed by atoms with van der Waals surface area (Å²) in [5.41, 5.74) is 4.81. The van der Waals surface area contributed by atoms with Gasteiger partial charge in [0, 0.05) is 6.08 Å². The van der Waals surface area contributed by atoms with Crippen LogP contribution in [0.4, 0.5) is 4.79 Å². The summed E-state index contributed by atoms with van der Waals surface area (Å²) in [6.45, 7) is 5.29. The number of carbonyl (C=O) groups excluding carboxylic acids is 2. The van der Waals surface area contributed by atoms with Crippen molar-refractivity contribution < 1.29 is 19.1 Å². The smallest absolute Gasteiger partial charge is 0.404 e. The van der Waals surface area contributed by atoms with Crippen molar-refractivity contribution in [2.45, 2.75) is 32.3 Å². The van der Waals surface area contributed by atoms with E-state index in [2.05, 4.69) is 11.3 Å². The van der Waals surface area contributed by atoms with Crippen molar-refractivity contribution in [3.63, 3.8) is 0 Å². The SMILES string of the molecule is C=CC(=O)OC(CCCC)COC(N)=O. The molecule has 1 amide bonds. The molecule has 0 heterocycles. The first-order chi connectivity index (χ1) is 7.10. The van der Waals surface area contributed by atoms with E-state index in [-0.39, 0.29) is 6.61 Å². The Labute approximate surface area is 89.2 Å². The zero-order valence-electron chi connectivity index (χ0n) is 8.90. The molecule has 0 saturated carbocycles. The van der Waals surface area contributed by atoms with Crippen molar-refractivity contribution >= 4 is 12.1 Å². The maximum Gasteiger partial charge on any atom is 0.404 e. The molecule has 0 aliphatic rings. The van der Waals surface area contributed by atoms with E-state index in [4.69, 9.17) is 10.5 Å². The maximum absolute atomic E-state index is 10.9. The van der Waals surface area contributed by atoms with Crippen LogP contribution in [0.2, 0.25) is 0 Å². The third kappa shape index (κ3) is 7.54. The second-order valence-electron chi connectivity index (χ2n) is 3.04. The van der Waals surface area contributed by atoms with Crippen molar-refractivity contribution in [3.05, 3.63) is 12.7 Å². The van der Waals surface area contributed by atoms with Gasteiger partial charge in [-0.05, 0) is 12.8 Å². The third-order valence-corrected chi connectivity index (χ3v) is 1.74. The Balaban J connectivity index is 3.98. The third-order valence-electron chi connectivity index (χ3n) is 1.74. The first-order valence-corrected chi connectivity index (χ1v) is 4.85. The molecule has 86 valence electrons. The van der Waals surface area contributed by atoms with Gasteiger partial charge in [-0.25, -0.2) is 9.59 Å². The Bertz CT molecular complexity index is 227. The Kier molecular flexibility index (Phi) is 7.05. The zero-order chi connectivity index (χ0) is 11.7. The van der Waals surface area contributed by atoms with Gasteiger partial charge in [0.05, 0.1) is 0 Å². The number of carbonyl (C=O) groups is 2. The molecule has 0 radical (unpaired) electrons. The van der Waals surface area contributed by atoms with Crippen molar-refractivity contribution in [2.24, 2.45) is 5.73 Å². The molecular weight excluding hydrogens is 198 g/mol. The fourth-order valence-electron chi connectivity index (χ4n) is 0.996. The van der Waals surface area contributed by atoms with Crippen molar-refractivity contribution in [2.75, 3.05) is 6.61 Å². The molecule has 1 unspecified atom stereocenters. The van der Waals surface area contributed by atoms with E-state index in [1.165, 1.54) is 0 Å². The lowest BCUT2D eigenvalue weighted by Gasteiger charge is -2.15. The number of esters is 1. The second-order valence-corrected chi connectivity index (χ2v) is 3.04. The van der Waals surface area contributed by atoms with Gasteiger partial charge in [0.25, 0.3) is 0 Å². The molecule has 5 nitrogen and oxygen atoms in total. The monoisotopic (exact) mass is 215 g/mol. The van der Waals surface area contributed by atoms with Crippen LogP contribution < -0.4 is 5.73 Å². The number of hydrogen-bond donors (Lipinski definition) is 1. The molecule has 5 heteroatoms. The first kappa shape index (κ1) is 13.5. The van der Waals surface area contributed by atoms with Gasteiger partial charge in [0.2, 0.25) is 0 Å². The number of amides is 1. The van der Waals surface area contributed by atoms with Crippen LogP contribution >= 0.6 is 0 Å². The summed E-state index contributed by atoms with van der Waals surface area (Å²) in [5, 5.41) is 0. The van der Waals surface area contributed by atoms with E-state index in [9.17, 15) is 9.59 Å². The number of hydrogen-bond acceptors (Lipinski definition) is 4. The van der Waals surface area contributed by atoms with Crippen molar-refractivity contribution in [3.8, 4) is 0 Å². The Morgan fingerprint density at radius 3 is 2.67 bits per heavy atom. The van der Waals surface area contributed by atoms with Crippen LogP contribution in [0.3, 0.4) is 0 Å². The highest BCUT2D eigenvalue weighted by Crippen LogP contribution is 2.06. The van der Waals surface area contributed by atoms with Crippen LogP contribution in [0.25, 0.3) is 0 Å². The van der Waals surface area contributed by atoms with Crippen LogP contribution in [0.5, 0.6) is 0 Å². The minimum absolute atomic E-state index is 0.00505. The number of rotatable bonds is 7. The average molecular weight is 215 g/mol. The molecule has 0 bridgehead atoms. The summed E-state index contributed by atoms with van der Waals surface area (Å²) in [4.78, 5) is 21.3. The molecule has 2 N–H and O–H groups in total. The summed E-state index contributed by atoms with van der Waals surface area (Å²) in [7, 11) is 0. The van der Waals surface area contributed by atoms with Gasteiger partial charge in [0.1, 0.15) is 12.7 Å². The number of unbranched alkanes of at least 4 members (excludes halogenated alkanes) is 1. The van der Waals surface area contributed by atoms with E-state index in [0.29, 0.717) is 6.42 Å². The van der Waals surface area contributed by atoms with Gasteiger partial charge in [0.15, 0.2) is 0 Å². The number of nitrogens with two attached hydrogens (primary N) is 1. The number of primary amides is 1. The molecule has 0 rings (SSSR count). The summed E-state index contributed by atoms with van der Waals surface area (Å²) in [5.74, 6) is -0.524. The van der Waals surface area contributed by atoms with Crippen LogP contribution in [0.1, 0.15) is 26.2 Å². The fraction of sp³-hybridized carbons (Fsp3) is 0.600. The fourth-order valence-corrected chi connectivity index (χ4v) is 0.996. The largest absolute Gasteiger partial charge is 0.456 e. The molecule has 0 fully saturated rings. The van der Waals surface area contributed by atoms with Crippen molar-refractivity contribution in [1.82, 2.24) is 0 Å². The molecule has 0 aliphatic heterocycles. The maximum atomic E-state index is 10.9. The standard InChI is InChI=1S/C10H17NO4/c1-3-5-6-8(7-14-10(11)13)15-9(12)4-2/h4,8H,2-3,5-7H2,1H3,(H2,11,13). The van der Waals surface area contributed by atoms with E-state index in [1.54, 1.807) is 0 Å². The molecule has 0 saturated heterocycles. The predicted molar refractivity (Wildman–Crippen MR) is 55.1 cm³/mol. The van der Waals surface area contributed by atoms with Gasteiger partial charge < -0.3 is 15.2 Å². The quantitative estimate of drug-likeness (QED) is 0.514. The van der Waals surface area contributed by atoms with Gasteiger partial charge in [-0.2, -0.15) is 0 Å². The Hall–Kier alpha value is -1.52. The minimum Gasteiger partial charge on any atom is -0.456 e. The predicted octanol–water partition coefficient (Wildman–Crippen LogP) is 1.37. The van der Waals surface area contributed by atoms with Gasteiger partial charge in [-0.1, -0.05) is 19.9 Å². The minimum atomic E-state index is -0.869. The molecule has 0 aromatic rings.